The van der Waals surface area contributed by atoms with Crippen LogP contribution in [0.25, 0.3) is 11.0 Å². The normalized spacial score (nSPS) is 18.0. The molecule has 7 heteroatoms. The molecule has 1 aromatic carbocycles. The van der Waals surface area contributed by atoms with Crippen molar-refractivity contribution in [3.05, 3.63) is 33.7 Å². The average molecular weight is 329 g/mol. The van der Waals surface area contributed by atoms with E-state index in [9.17, 15) is 10.4 Å². The standard InChI is InChI=1S/C17H23N5O2/c23-21-15-11-13-5-4-6-14(13)12-16(15)22(24)19-17(21)18-7-10-20-8-2-1-3-9-20/h11-12H,1-10H2,(H,18,19). The summed E-state index contributed by atoms with van der Waals surface area (Å²) in [6, 6.07) is 3.68. The third kappa shape index (κ3) is 2.84. The molecule has 0 radical (unpaired) electrons. The molecule has 2 aliphatic rings. The van der Waals surface area contributed by atoms with E-state index in [0.29, 0.717) is 22.4 Å². The van der Waals surface area contributed by atoms with Gasteiger partial charge >= 0.3 is 5.95 Å². The third-order valence-electron chi connectivity index (χ3n) is 5.15. The van der Waals surface area contributed by atoms with Crippen molar-refractivity contribution in [2.75, 3.05) is 31.5 Å². The predicted molar refractivity (Wildman–Crippen MR) is 90.5 cm³/mol. The Kier molecular flexibility index (Phi) is 4.10. The zero-order valence-electron chi connectivity index (χ0n) is 13.8. The molecule has 2 aromatic rings. The Hall–Kier alpha value is -2.15. The summed E-state index contributed by atoms with van der Waals surface area (Å²) in [5.41, 5.74) is 3.10. The Morgan fingerprint density at radius 3 is 2.46 bits per heavy atom. The van der Waals surface area contributed by atoms with Gasteiger partial charge in [-0.05, 0) is 62.4 Å². The van der Waals surface area contributed by atoms with Gasteiger partial charge in [0.25, 0.3) is 5.52 Å². The topological polar surface area (TPSA) is 82.0 Å². The highest BCUT2D eigenvalue weighted by Gasteiger charge is 2.23. The van der Waals surface area contributed by atoms with Crippen LogP contribution < -0.4 is 14.9 Å². The van der Waals surface area contributed by atoms with Crippen molar-refractivity contribution in [1.29, 1.82) is 0 Å². The van der Waals surface area contributed by atoms with Crippen molar-refractivity contribution < 1.29 is 9.58 Å². The second-order valence-electron chi connectivity index (χ2n) is 6.78. The molecular weight excluding hydrogens is 306 g/mol. The Balaban J connectivity index is 1.54. The first kappa shape index (κ1) is 15.4. The minimum atomic E-state index is 0.0902. The summed E-state index contributed by atoms with van der Waals surface area (Å²) in [5, 5.41) is 31.7. The zero-order valence-corrected chi connectivity index (χ0v) is 13.8. The summed E-state index contributed by atoms with van der Waals surface area (Å²) in [6.45, 7) is 3.70. The minimum Gasteiger partial charge on any atom is -0.739 e. The number of piperidine rings is 1. The smallest absolute Gasteiger partial charge is 0.461 e. The van der Waals surface area contributed by atoms with Crippen LogP contribution in [0, 0.1) is 10.4 Å². The Morgan fingerprint density at radius 2 is 1.71 bits per heavy atom. The fourth-order valence-electron chi connectivity index (χ4n) is 3.82. The van der Waals surface area contributed by atoms with Crippen LogP contribution in [0.4, 0.5) is 5.95 Å². The van der Waals surface area contributed by atoms with E-state index in [1.807, 2.05) is 12.1 Å². The molecule has 0 spiro atoms. The molecule has 1 aliphatic carbocycles. The molecule has 1 saturated heterocycles. The summed E-state index contributed by atoms with van der Waals surface area (Å²) in [5.74, 6) is 0.0902. The van der Waals surface area contributed by atoms with Gasteiger partial charge in [-0.25, -0.2) is 4.73 Å². The fraction of sp³-hybridized carbons (Fsp3) is 0.588. The first-order valence-electron chi connectivity index (χ1n) is 8.87. The molecule has 0 atom stereocenters. The summed E-state index contributed by atoms with van der Waals surface area (Å²) in [6.07, 6.45) is 6.81. The molecule has 4 rings (SSSR count). The lowest BCUT2D eigenvalue weighted by Crippen LogP contribution is -2.45. The van der Waals surface area contributed by atoms with Crippen LogP contribution >= 0.6 is 0 Å². The monoisotopic (exact) mass is 329 g/mol. The van der Waals surface area contributed by atoms with Crippen LogP contribution in [0.3, 0.4) is 0 Å². The van der Waals surface area contributed by atoms with Crippen LogP contribution in [0.5, 0.6) is 0 Å². The Bertz CT molecular complexity index is 758. The van der Waals surface area contributed by atoms with Gasteiger partial charge < -0.3 is 15.3 Å². The number of benzene rings is 1. The molecule has 24 heavy (non-hydrogen) atoms. The summed E-state index contributed by atoms with van der Waals surface area (Å²) >= 11 is 0. The second kappa shape index (κ2) is 6.39. The van der Waals surface area contributed by atoms with Crippen molar-refractivity contribution in [3.63, 3.8) is 0 Å². The van der Waals surface area contributed by atoms with E-state index < -0.39 is 0 Å². The number of hydrogen-bond acceptors (Lipinski definition) is 5. The number of fused-ring (bicyclic) bond motifs is 2. The maximum Gasteiger partial charge on any atom is 0.461 e. The van der Waals surface area contributed by atoms with Gasteiger partial charge in [0.2, 0.25) is 5.10 Å². The lowest BCUT2D eigenvalue weighted by atomic mass is 10.1. The molecular formula is C17H23N5O2. The van der Waals surface area contributed by atoms with Gasteiger partial charge in [-0.3, -0.25) is 5.32 Å². The number of aryl methyl sites for hydroxylation is 2. The predicted octanol–water partition coefficient (Wildman–Crippen LogP) is 0.888. The van der Waals surface area contributed by atoms with E-state index in [-0.39, 0.29) is 5.95 Å². The minimum absolute atomic E-state index is 0.0902. The third-order valence-corrected chi connectivity index (χ3v) is 5.15. The number of rotatable bonds is 4. The largest absolute Gasteiger partial charge is 0.739 e. The number of hydrogen-bond donors (Lipinski definition) is 1. The van der Waals surface area contributed by atoms with E-state index in [4.69, 9.17) is 0 Å². The van der Waals surface area contributed by atoms with Crippen LogP contribution in [0.1, 0.15) is 36.8 Å². The molecule has 1 aliphatic heterocycles. The van der Waals surface area contributed by atoms with Crippen LogP contribution in [0.15, 0.2) is 12.1 Å². The van der Waals surface area contributed by atoms with Crippen molar-refractivity contribution >= 4 is 17.0 Å². The van der Waals surface area contributed by atoms with Crippen molar-refractivity contribution in [3.8, 4) is 0 Å². The van der Waals surface area contributed by atoms with Gasteiger partial charge in [-0.15, -0.1) is 0 Å². The maximum absolute atomic E-state index is 12.6. The summed E-state index contributed by atoms with van der Waals surface area (Å²) < 4.78 is 0.762. The number of likely N-dealkylation sites (tertiary alicyclic amines) is 1. The van der Waals surface area contributed by atoms with Crippen LogP contribution in [-0.2, 0) is 12.8 Å². The van der Waals surface area contributed by atoms with Crippen LogP contribution in [-0.4, -0.2) is 36.2 Å². The number of aromatic nitrogens is 3. The number of anilines is 1. The van der Waals surface area contributed by atoms with E-state index in [1.54, 1.807) is 0 Å². The highest BCUT2D eigenvalue weighted by Crippen LogP contribution is 2.24. The van der Waals surface area contributed by atoms with Gasteiger partial charge in [0.15, 0.2) is 5.52 Å². The summed E-state index contributed by atoms with van der Waals surface area (Å²) in [4.78, 5) is 2.95. The van der Waals surface area contributed by atoms with Crippen molar-refractivity contribution in [2.45, 2.75) is 38.5 Å². The first-order chi connectivity index (χ1) is 11.7. The highest BCUT2D eigenvalue weighted by molar-refractivity contribution is 5.71. The van der Waals surface area contributed by atoms with E-state index in [2.05, 4.69) is 15.3 Å². The van der Waals surface area contributed by atoms with Crippen molar-refractivity contribution in [2.24, 2.45) is 0 Å². The molecule has 1 fully saturated rings. The van der Waals surface area contributed by atoms with Gasteiger partial charge in [0.1, 0.15) is 0 Å². The van der Waals surface area contributed by atoms with Gasteiger partial charge in [0.05, 0.1) is 6.54 Å². The molecule has 0 unspecified atom stereocenters. The second-order valence-corrected chi connectivity index (χ2v) is 6.78. The quantitative estimate of drug-likeness (QED) is 0.665. The Labute approximate surface area is 141 Å². The average Bonchev–Trinajstić information content (AvgIpc) is 3.06. The molecule has 128 valence electrons. The molecule has 1 aromatic heterocycles. The van der Waals surface area contributed by atoms with Gasteiger partial charge in [-0.2, -0.15) is 0 Å². The summed E-state index contributed by atoms with van der Waals surface area (Å²) in [7, 11) is 0. The first-order valence-corrected chi connectivity index (χ1v) is 8.87. The molecule has 0 amide bonds. The highest BCUT2D eigenvalue weighted by atomic mass is 16.5. The number of nitrogens with zero attached hydrogens (tertiary/aromatic N) is 4. The SMILES string of the molecule is [O-][n+]1nc(NCCN2CCCCC2)[n+]([O-])c2cc3c(cc21)CCC3. The van der Waals surface area contributed by atoms with Gasteiger partial charge in [-0.1, -0.05) is 6.42 Å². The molecule has 1 N–H and O–H groups in total. The number of nitrogens with one attached hydrogen (secondary N) is 1. The molecule has 2 heterocycles. The lowest BCUT2D eigenvalue weighted by molar-refractivity contribution is -0.672. The molecule has 0 bridgehead atoms. The van der Waals surface area contributed by atoms with Crippen LogP contribution in [0.2, 0.25) is 0 Å². The van der Waals surface area contributed by atoms with E-state index >= 15 is 0 Å². The lowest BCUT2D eigenvalue weighted by Gasteiger charge is -2.25. The maximum atomic E-state index is 12.6. The fourth-order valence-corrected chi connectivity index (χ4v) is 3.82. The van der Waals surface area contributed by atoms with E-state index in [0.717, 1.165) is 43.6 Å². The van der Waals surface area contributed by atoms with E-state index in [1.165, 1.54) is 30.4 Å². The van der Waals surface area contributed by atoms with Gasteiger partial charge in [0, 0.05) is 17.5 Å². The Morgan fingerprint density at radius 1 is 1.00 bits per heavy atom. The molecule has 7 nitrogen and oxygen atoms in total. The molecule has 0 saturated carbocycles. The zero-order chi connectivity index (χ0) is 16.5. The van der Waals surface area contributed by atoms with Crippen molar-refractivity contribution in [1.82, 2.24) is 10.00 Å².